The molecule has 0 radical (unpaired) electrons. The van der Waals surface area contributed by atoms with E-state index in [1.54, 1.807) is 24.3 Å². The Hall–Kier alpha value is -2.33. The minimum Gasteiger partial charge on any atom is -0.399 e. The standard InChI is InChI=1S/C18H23N3O/c1-21(14-15-7-3-2-4-8-15)12-6-11-20-18(22)16-9-5-10-17(19)13-16/h2-5,7-10,13H,6,11-12,14,19H2,1H3,(H,20,22). The van der Waals surface area contributed by atoms with Crippen molar-refractivity contribution >= 4 is 11.6 Å². The number of hydrogen-bond donors (Lipinski definition) is 2. The molecule has 0 saturated carbocycles. The number of nitrogens with two attached hydrogens (primary N) is 1. The first-order valence-corrected chi connectivity index (χ1v) is 7.51. The van der Waals surface area contributed by atoms with Crippen LogP contribution in [0.15, 0.2) is 54.6 Å². The SMILES string of the molecule is CN(CCCNC(=O)c1cccc(N)c1)Cc1ccccc1. The third-order valence-corrected chi connectivity index (χ3v) is 3.45. The largest absolute Gasteiger partial charge is 0.399 e. The number of carbonyl (C=O) groups is 1. The summed E-state index contributed by atoms with van der Waals surface area (Å²) in [5, 5.41) is 2.92. The van der Waals surface area contributed by atoms with Crippen molar-refractivity contribution < 1.29 is 4.79 Å². The quantitative estimate of drug-likeness (QED) is 0.610. The van der Waals surface area contributed by atoms with Gasteiger partial charge in [-0.05, 0) is 43.8 Å². The molecule has 22 heavy (non-hydrogen) atoms. The Labute approximate surface area is 131 Å². The number of nitrogens with one attached hydrogen (secondary N) is 1. The van der Waals surface area contributed by atoms with Crippen LogP contribution < -0.4 is 11.1 Å². The van der Waals surface area contributed by atoms with Crippen LogP contribution in [0.3, 0.4) is 0 Å². The lowest BCUT2D eigenvalue weighted by Gasteiger charge is -2.16. The van der Waals surface area contributed by atoms with Gasteiger partial charge in [0.1, 0.15) is 0 Å². The average molecular weight is 297 g/mol. The second-order valence-electron chi connectivity index (χ2n) is 5.46. The molecule has 0 aliphatic heterocycles. The number of nitrogens with zero attached hydrogens (tertiary/aromatic N) is 1. The molecule has 2 aromatic carbocycles. The first kappa shape index (κ1) is 16.0. The van der Waals surface area contributed by atoms with E-state index < -0.39 is 0 Å². The minimum absolute atomic E-state index is 0.0713. The van der Waals surface area contributed by atoms with Crippen LogP contribution in [0.5, 0.6) is 0 Å². The number of benzene rings is 2. The van der Waals surface area contributed by atoms with Crippen molar-refractivity contribution in [2.45, 2.75) is 13.0 Å². The monoisotopic (exact) mass is 297 g/mol. The van der Waals surface area contributed by atoms with Crippen molar-refractivity contribution in [3.8, 4) is 0 Å². The van der Waals surface area contributed by atoms with E-state index >= 15 is 0 Å². The summed E-state index contributed by atoms with van der Waals surface area (Å²) in [6.45, 7) is 2.52. The molecular weight excluding hydrogens is 274 g/mol. The van der Waals surface area contributed by atoms with Gasteiger partial charge in [0.15, 0.2) is 0 Å². The molecular formula is C18H23N3O. The van der Waals surface area contributed by atoms with Crippen LogP contribution in [0.4, 0.5) is 5.69 Å². The van der Waals surface area contributed by atoms with Crippen molar-refractivity contribution in [2.24, 2.45) is 0 Å². The topological polar surface area (TPSA) is 58.4 Å². The number of rotatable bonds is 7. The molecule has 0 atom stereocenters. The van der Waals surface area contributed by atoms with E-state index in [0.717, 1.165) is 19.5 Å². The van der Waals surface area contributed by atoms with Gasteiger partial charge in [-0.25, -0.2) is 0 Å². The van der Waals surface area contributed by atoms with Gasteiger partial charge >= 0.3 is 0 Å². The van der Waals surface area contributed by atoms with E-state index in [1.165, 1.54) is 5.56 Å². The molecule has 0 saturated heterocycles. The molecule has 0 fully saturated rings. The van der Waals surface area contributed by atoms with Crippen molar-refractivity contribution in [1.29, 1.82) is 0 Å². The van der Waals surface area contributed by atoms with E-state index in [-0.39, 0.29) is 5.91 Å². The molecule has 3 N–H and O–H groups in total. The van der Waals surface area contributed by atoms with E-state index in [1.807, 2.05) is 6.07 Å². The van der Waals surface area contributed by atoms with Crippen LogP contribution >= 0.6 is 0 Å². The van der Waals surface area contributed by atoms with E-state index in [4.69, 9.17) is 5.73 Å². The van der Waals surface area contributed by atoms with Gasteiger partial charge < -0.3 is 16.0 Å². The number of nitrogen functional groups attached to an aromatic ring is 1. The molecule has 4 heteroatoms. The predicted octanol–water partition coefficient (Wildman–Crippen LogP) is 2.52. The number of carbonyl (C=O) groups excluding carboxylic acids is 1. The van der Waals surface area contributed by atoms with Gasteiger partial charge in [-0.2, -0.15) is 0 Å². The fourth-order valence-electron chi connectivity index (χ4n) is 2.31. The summed E-state index contributed by atoms with van der Waals surface area (Å²) in [6.07, 6.45) is 0.914. The second-order valence-corrected chi connectivity index (χ2v) is 5.46. The van der Waals surface area contributed by atoms with Crippen LogP contribution in [0, 0.1) is 0 Å². The summed E-state index contributed by atoms with van der Waals surface area (Å²) in [5.74, 6) is -0.0713. The van der Waals surface area contributed by atoms with Crippen molar-refractivity contribution in [2.75, 3.05) is 25.9 Å². The maximum atomic E-state index is 12.0. The van der Waals surface area contributed by atoms with Crippen LogP contribution in [-0.4, -0.2) is 30.9 Å². The Morgan fingerprint density at radius 1 is 1.14 bits per heavy atom. The molecule has 0 aliphatic carbocycles. The smallest absolute Gasteiger partial charge is 0.251 e. The Kier molecular flexibility index (Phi) is 5.98. The number of anilines is 1. The van der Waals surface area contributed by atoms with Crippen molar-refractivity contribution in [3.05, 3.63) is 65.7 Å². The fourth-order valence-corrected chi connectivity index (χ4v) is 2.31. The van der Waals surface area contributed by atoms with Crippen LogP contribution in [0.2, 0.25) is 0 Å². The third kappa shape index (κ3) is 5.22. The molecule has 4 nitrogen and oxygen atoms in total. The first-order valence-electron chi connectivity index (χ1n) is 7.51. The average Bonchev–Trinajstić information content (AvgIpc) is 2.52. The van der Waals surface area contributed by atoms with Gasteiger partial charge in [-0.1, -0.05) is 36.4 Å². The van der Waals surface area contributed by atoms with Crippen LogP contribution in [0.1, 0.15) is 22.3 Å². The molecule has 1 amide bonds. The molecule has 116 valence electrons. The number of amides is 1. The highest BCUT2D eigenvalue weighted by molar-refractivity contribution is 5.94. The summed E-state index contributed by atoms with van der Waals surface area (Å²) in [6, 6.07) is 17.4. The van der Waals surface area contributed by atoms with Crippen molar-refractivity contribution in [1.82, 2.24) is 10.2 Å². The summed E-state index contributed by atoms with van der Waals surface area (Å²) in [4.78, 5) is 14.2. The zero-order chi connectivity index (χ0) is 15.8. The Morgan fingerprint density at radius 3 is 2.64 bits per heavy atom. The number of hydrogen-bond acceptors (Lipinski definition) is 3. The first-order chi connectivity index (χ1) is 10.6. The molecule has 0 aromatic heterocycles. The summed E-state index contributed by atoms with van der Waals surface area (Å²) >= 11 is 0. The zero-order valence-corrected chi connectivity index (χ0v) is 13.0. The molecule has 2 aromatic rings. The molecule has 0 bridgehead atoms. The van der Waals surface area contributed by atoms with Gasteiger partial charge in [0.25, 0.3) is 5.91 Å². The summed E-state index contributed by atoms with van der Waals surface area (Å²) in [7, 11) is 2.09. The lowest BCUT2D eigenvalue weighted by Crippen LogP contribution is -2.28. The molecule has 0 aliphatic rings. The van der Waals surface area contributed by atoms with Crippen molar-refractivity contribution in [3.63, 3.8) is 0 Å². The normalized spacial score (nSPS) is 10.6. The van der Waals surface area contributed by atoms with E-state index in [0.29, 0.717) is 17.8 Å². The van der Waals surface area contributed by atoms with E-state index in [2.05, 4.69) is 41.5 Å². The highest BCUT2D eigenvalue weighted by Gasteiger charge is 2.05. The van der Waals surface area contributed by atoms with Gasteiger partial charge in [0.05, 0.1) is 0 Å². The second kappa shape index (κ2) is 8.20. The third-order valence-electron chi connectivity index (χ3n) is 3.45. The summed E-state index contributed by atoms with van der Waals surface area (Å²) < 4.78 is 0. The lowest BCUT2D eigenvalue weighted by molar-refractivity contribution is 0.0952. The minimum atomic E-state index is -0.0713. The molecule has 0 unspecified atom stereocenters. The maximum Gasteiger partial charge on any atom is 0.251 e. The van der Waals surface area contributed by atoms with E-state index in [9.17, 15) is 4.79 Å². The summed E-state index contributed by atoms with van der Waals surface area (Å²) in [5.41, 5.74) is 8.19. The van der Waals surface area contributed by atoms with Gasteiger partial charge in [0, 0.05) is 24.3 Å². The highest BCUT2D eigenvalue weighted by atomic mass is 16.1. The fraction of sp³-hybridized carbons (Fsp3) is 0.278. The van der Waals surface area contributed by atoms with Crippen LogP contribution in [-0.2, 0) is 6.54 Å². The zero-order valence-electron chi connectivity index (χ0n) is 13.0. The highest BCUT2D eigenvalue weighted by Crippen LogP contribution is 2.06. The Balaban J connectivity index is 1.67. The van der Waals surface area contributed by atoms with Gasteiger partial charge in [0.2, 0.25) is 0 Å². The van der Waals surface area contributed by atoms with Crippen LogP contribution in [0.25, 0.3) is 0 Å². The molecule has 2 rings (SSSR count). The Bertz CT molecular complexity index is 598. The maximum absolute atomic E-state index is 12.0. The van der Waals surface area contributed by atoms with Gasteiger partial charge in [-0.3, -0.25) is 4.79 Å². The van der Waals surface area contributed by atoms with Gasteiger partial charge in [-0.15, -0.1) is 0 Å². The molecule has 0 heterocycles. The Morgan fingerprint density at radius 2 is 1.91 bits per heavy atom. The lowest BCUT2D eigenvalue weighted by atomic mass is 10.2. The predicted molar refractivity (Wildman–Crippen MR) is 90.6 cm³/mol. The molecule has 0 spiro atoms.